The van der Waals surface area contributed by atoms with Gasteiger partial charge in [-0.15, -0.1) is 0 Å². The SMILES string of the molecule is CCC1CCCC(NC(CO)CC(C)C)CC1. The van der Waals surface area contributed by atoms with Crippen LogP contribution in [0.3, 0.4) is 0 Å². The molecule has 1 rings (SSSR count). The van der Waals surface area contributed by atoms with Crippen molar-refractivity contribution in [1.29, 1.82) is 0 Å². The van der Waals surface area contributed by atoms with Crippen LogP contribution in [0.4, 0.5) is 0 Å². The fourth-order valence-electron chi connectivity index (χ4n) is 3.05. The van der Waals surface area contributed by atoms with Crippen molar-refractivity contribution in [2.75, 3.05) is 6.61 Å². The minimum absolute atomic E-state index is 0.284. The van der Waals surface area contributed by atoms with Gasteiger partial charge >= 0.3 is 0 Å². The van der Waals surface area contributed by atoms with Crippen LogP contribution in [0.15, 0.2) is 0 Å². The Morgan fingerprint density at radius 2 is 1.94 bits per heavy atom. The standard InChI is InChI=1S/C15H31NO/c1-4-13-6-5-7-14(9-8-13)16-15(11-17)10-12(2)3/h12-17H,4-11H2,1-3H3. The van der Waals surface area contributed by atoms with Gasteiger partial charge in [0.2, 0.25) is 0 Å². The Labute approximate surface area is 107 Å². The van der Waals surface area contributed by atoms with Crippen LogP contribution in [0.1, 0.15) is 65.7 Å². The van der Waals surface area contributed by atoms with Gasteiger partial charge in [0.15, 0.2) is 0 Å². The van der Waals surface area contributed by atoms with Crippen molar-refractivity contribution >= 4 is 0 Å². The second kappa shape index (κ2) is 8.10. The summed E-state index contributed by atoms with van der Waals surface area (Å²) in [6.07, 6.45) is 9.15. The smallest absolute Gasteiger partial charge is 0.0584 e. The second-order valence-corrected chi connectivity index (χ2v) is 6.16. The lowest BCUT2D eigenvalue weighted by atomic mass is 9.97. The summed E-state index contributed by atoms with van der Waals surface area (Å²) in [7, 11) is 0. The highest BCUT2D eigenvalue weighted by molar-refractivity contribution is 4.78. The van der Waals surface area contributed by atoms with Crippen molar-refractivity contribution in [2.45, 2.75) is 77.8 Å². The maximum Gasteiger partial charge on any atom is 0.0584 e. The maximum atomic E-state index is 9.41. The molecule has 17 heavy (non-hydrogen) atoms. The zero-order valence-corrected chi connectivity index (χ0v) is 11.9. The molecule has 0 bridgehead atoms. The average Bonchev–Trinajstić information content (AvgIpc) is 2.52. The molecule has 0 aromatic heterocycles. The molecule has 0 saturated heterocycles. The summed E-state index contributed by atoms with van der Waals surface area (Å²) in [5.74, 6) is 1.60. The largest absolute Gasteiger partial charge is 0.395 e. The summed E-state index contributed by atoms with van der Waals surface area (Å²) >= 11 is 0. The summed E-state index contributed by atoms with van der Waals surface area (Å²) in [5.41, 5.74) is 0. The van der Waals surface area contributed by atoms with Crippen LogP contribution in [0.2, 0.25) is 0 Å². The second-order valence-electron chi connectivity index (χ2n) is 6.16. The van der Waals surface area contributed by atoms with E-state index in [2.05, 4.69) is 26.1 Å². The van der Waals surface area contributed by atoms with E-state index < -0.39 is 0 Å². The highest BCUT2D eigenvalue weighted by atomic mass is 16.3. The number of aliphatic hydroxyl groups excluding tert-OH is 1. The molecule has 0 aromatic carbocycles. The van der Waals surface area contributed by atoms with Crippen molar-refractivity contribution < 1.29 is 5.11 Å². The Hall–Kier alpha value is -0.0800. The highest BCUT2D eigenvalue weighted by Crippen LogP contribution is 2.25. The lowest BCUT2D eigenvalue weighted by Crippen LogP contribution is -2.41. The van der Waals surface area contributed by atoms with Gasteiger partial charge in [-0.3, -0.25) is 0 Å². The normalized spacial score (nSPS) is 28.1. The molecule has 1 aliphatic rings. The van der Waals surface area contributed by atoms with Crippen molar-refractivity contribution in [3.8, 4) is 0 Å². The molecule has 1 aliphatic carbocycles. The van der Waals surface area contributed by atoms with Gasteiger partial charge in [0, 0.05) is 12.1 Å². The summed E-state index contributed by atoms with van der Waals surface area (Å²) < 4.78 is 0. The number of aliphatic hydroxyl groups is 1. The average molecular weight is 241 g/mol. The Bertz CT molecular complexity index is 193. The molecule has 1 saturated carbocycles. The van der Waals surface area contributed by atoms with E-state index in [4.69, 9.17) is 0 Å². The Kier molecular flexibility index (Phi) is 7.14. The molecule has 0 aliphatic heterocycles. The molecule has 3 unspecified atom stereocenters. The summed E-state index contributed by atoms with van der Waals surface area (Å²) in [6, 6.07) is 0.945. The van der Waals surface area contributed by atoms with Crippen LogP contribution >= 0.6 is 0 Å². The van der Waals surface area contributed by atoms with Crippen molar-refractivity contribution in [2.24, 2.45) is 11.8 Å². The molecule has 2 N–H and O–H groups in total. The number of rotatable bonds is 6. The van der Waals surface area contributed by atoms with E-state index in [9.17, 15) is 5.11 Å². The first-order chi connectivity index (χ1) is 8.15. The molecule has 0 amide bonds. The topological polar surface area (TPSA) is 32.3 Å². The molecular weight excluding hydrogens is 210 g/mol. The van der Waals surface area contributed by atoms with E-state index in [1.54, 1.807) is 0 Å². The van der Waals surface area contributed by atoms with E-state index in [1.807, 2.05) is 0 Å². The number of nitrogens with one attached hydrogen (secondary N) is 1. The van der Waals surface area contributed by atoms with Crippen LogP contribution in [0, 0.1) is 11.8 Å². The lowest BCUT2D eigenvalue weighted by molar-refractivity contribution is 0.208. The van der Waals surface area contributed by atoms with Crippen molar-refractivity contribution in [1.82, 2.24) is 5.32 Å². The third-order valence-corrected chi connectivity index (χ3v) is 4.11. The minimum atomic E-state index is 0.284. The van der Waals surface area contributed by atoms with E-state index in [-0.39, 0.29) is 6.61 Å². The van der Waals surface area contributed by atoms with Gasteiger partial charge in [-0.1, -0.05) is 40.0 Å². The van der Waals surface area contributed by atoms with Crippen LogP contribution in [-0.4, -0.2) is 23.8 Å². The molecule has 2 nitrogen and oxygen atoms in total. The van der Waals surface area contributed by atoms with Crippen LogP contribution in [0.5, 0.6) is 0 Å². The zero-order chi connectivity index (χ0) is 12.7. The van der Waals surface area contributed by atoms with Crippen molar-refractivity contribution in [3.05, 3.63) is 0 Å². The minimum Gasteiger partial charge on any atom is -0.395 e. The third-order valence-electron chi connectivity index (χ3n) is 4.11. The maximum absolute atomic E-state index is 9.41. The van der Waals surface area contributed by atoms with Gasteiger partial charge in [0.05, 0.1) is 6.61 Å². The fraction of sp³-hybridized carbons (Fsp3) is 1.00. The van der Waals surface area contributed by atoms with Crippen LogP contribution < -0.4 is 5.32 Å². The quantitative estimate of drug-likeness (QED) is 0.699. The molecule has 3 atom stereocenters. The predicted molar refractivity (Wildman–Crippen MR) is 74.1 cm³/mol. The summed E-state index contributed by atoms with van der Waals surface area (Å²) in [6.45, 7) is 7.05. The summed E-state index contributed by atoms with van der Waals surface area (Å²) in [4.78, 5) is 0. The molecule has 102 valence electrons. The van der Waals surface area contributed by atoms with Gasteiger partial charge in [0.25, 0.3) is 0 Å². The molecule has 0 spiro atoms. The molecule has 0 aromatic rings. The Balaban J connectivity index is 2.34. The predicted octanol–water partition coefficient (Wildman–Crippen LogP) is 3.34. The van der Waals surface area contributed by atoms with Crippen LogP contribution in [0.25, 0.3) is 0 Å². The molecule has 0 radical (unpaired) electrons. The van der Waals surface area contributed by atoms with Gasteiger partial charge in [0.1, 0.15) is 0 Å². The van der Waals surface area contributed by atoms with Crippen molar-refractivity contribution in [3.63, 3.8) is 0 Å². The number of hydrogen-bond acceptors (Lipinski definition) is 2. The van der Waals surface area contributed by atoms with Gasteiger partial charge < -0.3 is 10.4 Å². The highest BCUT2D eigenvalue weighted by Gasteiger charge is 2.20. The fourth-order valence-corrected chi connectivity index (χ4v) is 3.05. The summed E-state index contributed by atoms with van der Waals surface area (Å²) in [5, 5.41) is 13.1. The van der Waals surface area contributed by atoms with Gasteiger partial charge in [-0.05, 0) is 37.5 Å². The van der Waals surface area contributed by atoms with Gasteiger partial charge in [-0.25, -0.2) is 0 Å². The third kappa shape index (κ3) is 5.87. The molecule has 2 heteroatoms. The van der Waals surface area contributed by atoms with Gasteiger partial charge in [-0.2, -0.15) is 0 Å². The van der Waals surface area contributed by atoms with E-state index in [0.29, 0.717) is 18.0 Å². The lowest BCUT2D eigenvalue weighted by Gasteiger charge is -2.25. The first-order valence-corrected chi connectivity index (χ1v) is 7.52. The van der Waals surface area contributed by atoms with Crippen LogP contribution in [-0.2, 0) is 0 Å². The molecule has 1 fully saturated rings. The van der Waals surface area contributed by atoms with E-state index in [1.165, 1.54) is 38.5 Å². The monoisotopic (exact) mass is 241 g/mol. The zero-order valence-electron chi connectivity index (χ0n) is 11.9. The first kappa shape index (κ1) is 15.0. The molecule has 0 heterocycles. The Morgan fingerprint density at radius 3 is 2.53 bits per heavy atom. The first-order valence-electron chi connectivity index (χ1n) is 7.52. The number of hydrogen-bond donors (Lipinski definition) is 2. The van der Waals surface area contributed by atoms with E-state index in [0.717, 1.165) is 12.3 Å². The molecular formula is C15H31NO. The van der Waals surface area contributed by atoms with E-state index >= 15 is 0 Å². The Morgan fingerprint density at radius 1 is 1.18 bits per heavy atom.